The van der Waals surface area contributed by atoms with Gasteiger partial charge < -0.3 is 4.74 Å². The number of hydrogen-bond acceptors (Lipinski definition) is 2. The molecule has 0 atom stereocenters. The van der Waals surface area contributed by atoms with Crippen LogP contribution < -0.4 is 10.3 Å². The Labute approximate surface area is 102 Å². The number of methoxy groups -OCH3 is 1. The lowest BCUT2D eigenvalue weighted by molar-refractivity contribution is 0.414. The van der Waals surface area contributed by atoms with Crippen molar-refractivity contribution >= 4 is 0 Å². The zero-order valence-electron chi connectivity index (χ0n) is 14.3. The van der Waals surface area contributed by atoms with Gasteiger partial charge in [-0.15, -0.1) is 0 Å². The van der Waals surface area contributed by atoms with E-state index in [1.807, 2.05) is 0 Å². The highest BCUT2D eigenvalue weighted by Crippen LogP contribution is 2.13. The number of hydrogen-bond donors (Lipinski definition) is 0. The molecule has 1 aromatic heterocycles. The standard InChI is InChI=1S/C13H13NO2/c1-10-3-8-13(15)14(9-10)11-4-6-12(16-2)7-5-11/h3-9H,1-2H3/i1D3,2D3. The molecule has 0 aliphatic heterocycles. The average molecular weight is 221 g/mol. The summed E-state index contributed by atoms with van der Waals surface area (Å²) in [5.41, 5.74) is 0.0569. The van der Waals surface area contributed by atoms with Crippen molar-refractivity contribution in [3.63, 3.8) is 0 Å². The van der Waals surface area contributed by atoms with Crippen LogP contribution in [0.3, 0.4) is 0 Å². The Bertz CT molecular complexity index is 715. The van der Waals surface area contributed by atoms with Crippen molar-refractivity contribution in [2.24, 2.45) is 0 Å². The van der Waals surface area contributed by atoms with E-state index in [2.05, 4.69) is 0 Å². The summed E-state index contributed by atoms with van der Waals surface area (Å²) in [4.78, 5) is 11.9. The highest BCUT2D eigenvalue weighted by molar-refractivity contribution is 5.38. The molecule has 0 unspecified atom stereocenters. The quantitative estimate of drug-likeness (QED) is 0.778. The van der Waals surface area contributed by atoms with Crippen molar-refractivity contribution in [1.82, 2.24) is 4.57 Å². The molecule has 16 heavy (non-hydrogen) atoms. The lowest BCUT2D eigenvalue weighted by atomic mass is 10.2. The van der Waals surface area contributed by atoms with E-state index >= 15 is 0 Å². The lowest BCUT2D eigenvalue weighted by Crippen LogP contribution is -2.16. The highest BCUT2D eigenvalue weighted by Gasteiger charge is 1.99. The minimum absolute atomic E-state index is 0.0370. The van der Waals surface area contributed by atoms with Crippen LogP contribution in [0.15, 0.2) is 47.4 Å². The zero-order valence-corrected chi connectivity index (χ0v) is 8.31. The Balaban J connectivity index is 2.38. The van der Waals surface area contributed by atoms with Gasteiger partial charge in [-0.1, -0.05) is 6.07 Å². The van der Waals surface area contributed by atoms with Gasteiger partial charge in [-0.2, -0.15) is 0 Å². The van der Waals surface area contributed by atoms with E-state index in [0.717, 1.165) is 0 Å². The first-order valence-corrected chi connectivity index (χ1v) is 4.59. The van der Waals surface area contributed by atoms with Gasteiger partial charge in [-0.05, 0) is 36.7 Å². The first kappa shape index (κ1) is 5.34. The third-order valence-electron chi connectivity index (χ3n) is 2.14. The Morgan fingerprint density at radius 2 is 2.00 bits per heavy atom. The molecule has 3 heteroatoms. The molecule has 82 valence electrons. The molecule has 3 nitrogen and oxygen atoms in total. The van der Waals surface area contributed by atoms with Crippen LogP contribution in [0.25, 0.3) is 5.69 Å². The van der Waals surface area contributed by atoms with E-state index < -0.39 is 19.4 Å². The smallest absolute Gasteiger partial charge is 0.255 e. The lowest BCUT2D eigenvalue weighted by Gasteiger charge is -2.07. The molecule has 0 bridgehead atoms. The van der Waals surface area contributed by atoms with Crippen LogP contribution >= 0.6 is 0 Å². The van der Waals surface area contributed by atoms with Gasteiger partial charge >= 0.3 is 0 Å². The van der Waals surface area contributed by atoms with Crippen LogP contribution in [0.5, 0.6) is 5.75 Å². The van der Waals surface area contributed by atoms with E-state index in [1.165, 1.54) is 47.2 Å². The van der Waals surface area contributed by atoms with E-state index in [9.17, 15) is 4.79 Å². The molecule has 1 heterocycles. The zero-order chi connectivity index (χ0) is 16.5. The van der Waals surface area contributed by atoms with Crippen molar-refractivity contribution in [1.29, 1.82) is 0 Å². The fraction of sp³-hybridized carbons (Fsp3) is 0.154. The molecule has 0 aliphatic carbocycles. The number of ether oxygens (including phenoxy) is 1. The number of benzene rings is 1. The first-order chi connectivity index (χ1) is 10.1. The number of nitrogens with zero attached hydrogens (tertiary/aromatic N) is 1. The number of pyridine rings is 1. The third kappa shape index (κ3) is 1.98. The molecule has 1 aromatic carbocycles. The Morgan fingerprint density at radius 1 is 1.19 bits per heavy atom. The number of aromatic nitrogens is 1. The fourth-order valence-corrected chi connectivity index (χ4v) is 1.36. The van der Waals surface area contributed by atoms with Crippen molar-refractivity contribution in [2.45, 2.75) is 6.85 Å². The second-order valence-electron chi connectivity index (χ2n) is 3.22. The van der Waals surface area contributed by atoms with E-state index in [4.69, 9.17) is 13.0 Å². The maximum absolute atomic E-state index is 11.9. The van der Waals surface area contributed by atoms with E-state index in [0.29, 0.717) is 5.69 Å². The molecule has 0 N–H and O–H groups in total. The molecule has 0 spiro atoms. The van der Waals surface area contributed by atoms with Crippen LogP contribution in [-0.2, 0) is 0 Å². The fourth-order valence-electron chi connectivity index (χ4n) is 1.36. The van der Waals surface area contributed by atoms with Gasteiger partial charge in [0.25, 0.3) is 5.56 Å². The maximum atomic E-state index is 11.9. The van der Waals surface area contributed by atoms with Crippen molar-refractivity contribution in [3.05, 3.63) is 58.5 Å². The van der Waals surface area contributed by atoms with Gasteiger partial charge in [0, 0.05) is 22.1 Å². The molecule has 2 aromatic rings. The first-order valence-electron chi connectivity index (χ1n) is 7.59. The van der Waals surface area contributed by atoms with Crippen LogP contribution in [0.2, 0.25) is 0 Å². The van der Waals surface area contributed by atoms with E-state index in [1.54, 1.807) is 0 Å². The number of rotatable bonds is 2. The maximum Gasteiger partial charge on any atom is 0.255 e. The van der Waals surface area contributed by atoms with E-state index in [-0.39, 0.29) is 11.3 Å². The van der Waals surface area contributed by atoms with Gasteiger partial charge in [-0.3, -0.25) is 9.36 Å². The largest absolute Gasteiger partial charge is 0.497 e. The SMILES string of the molecule is [2H]C([2H])([2H])Oc1ccc(-n2cc(C([2H])([2H])[2H])ccc2=O)cc1. The predicted molar refractivity (Wildman–Crippen MR) is 63.3 cm³/mol. The van der Waals surface area contributed by atoms with Crippen LogP contribution in [-0.4, -0.2) is 11.6 Å². The normalized spacial score (nSPS) is 17.2. The molecule has 0 amide bonds. The molecular formula is C13H13NO2. The molecule has 0 fully saturated rings. The van der Waals surface area contributed by atoms with Gasteiger partial charge in [0.05, 0.1) is 11.2 Å². The summed E-state index contributed by atoms with van der Waals surface area (Å²) in [6.45, 7) is -2.32. The summed E-state index contributed by atoms with van der Waals surface area (Å²) in [5.74, 6) is 0.128. The van der Waals surface area contributed by atoms with Crippen LogP contribution in [0.1, 0.15) is 13.8 Å². The number of aryl methyl sites for hydroxylation is 1. The Kier molecular flexibility index (Phi) is 1.41. The molecule has 0 saturated carbocycles. The third-order valence-corrected chi connectivity index (χ3v) is 2.14. The molecule has 0 aliphatic rings. The molecule has 0 radical (unpaired) electrons. The van der Waals surface area contributed by atoms with Crippen molar-refractivity contribution < 1.29 is 13.0 Å². The monoisotopic (exact) mass is 221 g/mol. The van der Waals surface area contributed by atoms with Gasteiger partial charge in [0.2, 0.25) is 0 Å². The summed E-state index contributed by atoms with van der Waals surface area (Å²) < 4.78 is 49.1. The van der Waals surface area contributed by atoms with Gasteiger partial charge in [0.1, 0.15) is 5.75 Å². The second-order valence-corrected chi connectivity index (χ2v) is 3.22. The molecular weight excluding hydrogens is 202 g/mol. The highest BCUT2D eigenvalue weighted by atomic mass is 16.5. The average Bonchev–Trinajstić information content (AvgIpc) is 2.37. The minimum Gasteiger partial charge on any atom is -0.497 e. The summed E-state index contributed by atoms with van der Waals surface area (Å²) in [7, 11) is -2.56. The minimum atomic E-state index is -2.56. The summed E-state index contributed by atoms with van der Waals surface area (Å²) >= 11 is 0. The van der Waals surface area contributed by atoms with Crippen LogP contribution in [0.4, 0.5) is 0 Å². The molecule has 0 saturated heterocycles. The van der Waals surface area contributed by atoms with Crippen LogP contribution in [0, 0.1) is 6.85 Å². The molecule has 2 rings (SSSR count). The summed E-state index contributed by atoms with van der Waals surface area (Å²) in [6, 6.07) is 8.19. The summed E-state index contributed by atoms with van der Waals surface area (Å²) in [5, 5.41) is 0. The van der Waals surface area contributed by atoms with Crippen molar-refractivity contribution in [2.75, 3.05) is 7.04 Å². The van der Waals surface area contributed by atoms with Gasteiger partial charge in [0.15, 0.2) is 0 Å². The predicted octanol–water partition coefficient (Wildman–Crippen LogP) is 2.15. The van der Waals surface area contributed by atoms with Gasteiger partial charge in [-0.25, -0.2) is 0 Å². The Morgan fingerprint density at radius 3 is 2.69 bits per heavy atom. The van der Waals surface area contributed by atoms with Crippen molar-refractivity contribution in [3.8, 4) is 11.4 Å². The topological polar surface area (TPSA) is 31.2 Å². The second kappa shape index (κ2) is 4.23. The summed E-state index contributed by atoms with van der Waals surface area (Å²) in [6.07, 6.45) is 1.24. The Hall–Kier alpha value is -2.03.